The molecule has 2 rings (SSSR count). The van der Waals surface area contributed by atoms with Gasteiger partial charge in [-0.25, -0.2) is 4.79 Å². The number of rotatable bonds is 3. The first kappa shape index (κ1) is 10.9. The molecule has 1 atom stereocenters. The van der Waals surface area contributed by atoms with Crippen LogP contribution in [0.5, 0.6) is 0 Å². The number of aromatic nitrogens is 1. The van der Waals surface area contributed by atoms with Gasteiger partial charge < -0.3 is 4.74 Å². The molecule has 0 saturated heterocycles. The van der Waals surface area contributed by atoms with Crippen molar-refractivity contribution in [3.63, 3.8) is 0 Å². The summed E-state index contributed by atoms with van der Waals surface area (Å²) in [7, 11) is 0. The van der Waals surface area contributed by atoms with Crippen LogP contribution < -0.4 is 0 Å². The zero-order valence-electron chi connectivity index (χ0n) is 9.35. The fourth-order valence-corrected chi connectivity index (χ4v) is 1.58. The van der Waals surface area contributed by atoms with E-state index in [2.05, 4.69) is 4.98 Å². The van der Waals surface area contributed by atoms with Crippen molar-refractivity contribution in [3.05, 3.63) is 41.7 Å². The van der Waals surface area contributed by atoms with E-state index < -0.39 is 0 Å². The summed E-state index contributed by atoms with van der Waals surface area (Å²) in [5.41, 5.74) is 1.97. The van der Waals surface area contributed by atoms with Crippen LogP contribution in [0.2, 0.25) is 0 Å². The van der Waals surface area contributed by atoms with Crippen LogP contribution in [0.4, 0.5) is 0 Å². The van der Waals surface area contributed by atoms with Gasteiger partial charge in [0.25, 0.3) is 0 Å². The number of nitrogens with zero attached hydrogens (tertiary/aromatic N) is 1. The Morgan fingerprint density at radius 3 is 2.88 bits per heavy atom. The number of hydrogen-bond acceptors (Lipinski definition) is 3. The smallest absolute Gasteiger partial charge is 0.331 e. The molecule has 0 amide bonds. The lowest BCUT2D eigenvalue weighted by atomic mass is 9.92. The molecule has 16 heavy (non-hydrogen) atoms. The lowest BCUT2D eigenvalue weighted by Crippen LogP contribution is -2.09. The number of allylic oxidation sites excluding steroid dienone is 1. The van der Waals surface area contributed by atoms with Gasteiger partial charge in [-0.2, -0.15) is 0 Å². The van der Waals surface area contributed by atoms with E-state index in [0.717, 1.165) is 18.5 Å². The number of carbonyl (C=O) groups excluding carboxylic acids is 1. The van der Waals surface area contributed by atoms with E-state index >= 15 is 0 Å². The average Bonchev–Trinajstić information content (AvgIpc) is 2.25. The highest BCUT2D eigenvalue weighted by atomic mass is 16.5. The van der Waals surface area contributed by atoms with Crippen molar-refractivity contribution >= 4 is 5.97 Å². The summed E-state index contributed by atoms with van der Waals surface area (Å²) in [6, 6.07) is 5.58. The molecule has 0 spiro atoms. The van der Waals surface area contributed by atoms with Crippen molar-refractivity contribution in [2.24, 2.45) is 0 Å². The normalized spacial score (nSPS) is 16.2. The zero-order chi connectivity index (χ0) is 11.4. The topological polar surface area (TPSA) is 39.2 Å². The molecule has 1 fully saturated rings. The first-order chi connectivity index (χ1) is 7.75. The van der Waals surface area contributed by atoms with Crippen molar-refractivity contribution in [2.75, 3.05) is 0 Å². The molecule has 1 heterocycles. The van der Waals surface area contributed by atoms with Gasteiger partial charge >= 0.3 is 5.97 Å². The number of esters is 1. The third-order valence-electron chi connectivity index (χ3n) is 2.71. The van der Waals surface area contributed by atoms with Crippen LogP contribution in [0.25, 0.3) is 0 Å². The Morgan fingerprint density at radius 1 is 1.50 bits per heavy atom. The van der Waals surface area contributed by atoms with Gasteiger partial charge in [-0.15, -0.1) is 0 Å². The molecule has 1 aliphatic carbocycles. The first-order valence-electron chi connectivity index (χ1n) is 5.56. The minimum atomic E-state index is -0.286. The van der Waals surface area contributed by atoms with E-state index in [9.17, 15) is 4.79 Å². The third kappa shape index (κ3) is 2.69. The van der Waals surface area contributed by atoms with Crippen molar-refractivity contribution in [2.45, 2.75) is 32.3 Å². The summed E-state index contributed by atoms with van der Waals surface area (Å²) in [5.74, 6) is -0.257. The van der Waals surface area contributed by atoms with Gasteiger partial charge in [-0.05, 0) is 38.3 Å². The Kier molecular flexibility index (Phi) is 3.34. The molecule has 1 aliphatic rings. The summed E-state index contributed by atoms with van der Waals surface area (Å²) in [4.78, 5) is 15.7. The van der Waals surface area contributed by atoms with Crippen LogP contribution in [0, 0.1) is 0 Å². The monoisotopic (exact) mass is 217 g/mol. The van der Waals surface area contributed by atoms with E-state index in [1.165, 1.54) is 12.0 Å². The van der Waals surface area contributed by atoms with Crippen LogP contribution in [-0.4, -0.2) is 11.0 Å². The molecule has 0 bridgehead atoms. The van der Waals surface area contributed by atoms with Gasteiger partial charge in [-0.3, -0.25) is 4.98 Å². The molecular weight excluding hydrogens is 202 g/mol. The van der Waals surface area contributed by atoms with Crippen LogP contribution in [0.3, 0.4) is 0 Å². The maximum atomic E-state index is 11.5. The molecule has 1 saturated carbocycles. The molecule has 1 aromatic heterocycles. The SMILES string of the molecule is C[C@@H](OC(=O)C=C1CCC1)c1ccccn1. The van der Waals surface area contributed by atoms with Crippen LogP contribution in [0.15, 0.2) is 36.0 Å². The average molecular weight is 217 g/mol. The maximum Gasteiger partial charge on any atom is 0.331 e. The molecule has 3 nitrogen and oxygen atoms in total. The zero-order valence-corrected chi connectivity index (χ0v) is 9.35. The van der Waals surface area contributed by atoms with E-state index in [1.807, 2.05) is 25.1 Å². The lowest BCUT2D eigenvalue weighted by molar-refractivity contribution is -0.142. The second-order valence-electron chi connectivity index (χ2n) is 3.99. The van der Waals surface area contributed by atoms with Gasteiger partial charge in [0.15, 0.2) is 0 Å². The largest absolute Gasteiger partial charge is 0.453 e. The lowest BCUT2D eigenvalue weighted by Gasteiger charge is -2.16. The molecule has 3 heteroatoms. The minimum Gasteiger partial charge on any atom is -0.453 e. The summed E-state index contributed by atoms with van der Waals surface area (Å²) >= 11 is 0. The van der Waals surface area contributed by atoms with Crippen molar-refractivity contribution in [1.82, 2.24) is 4.98 Å². The number of hydrogen-bond donors (Lipinski definition) is 0. The Bertz CT molecular complexity index is 392. The van der Waals surface area contributed by atoms with Gasteiger partial charge in [0, 0.05) is 12.3 Å². The Balaban J connectivity index is 1.92. The quantitative estimate of drug-likeness (QED) is 0.577. The van der Waals surface area contributed by atoms with Crippen LogP contribution >= 0.6 is 0 Å². The summed E-state index contributed by atoms with van der Waals surface area (Å²) < 4.78 is 5.26. The highest BCUT2D eigenvalue weighted by Crippen LogP contribution is 2.25. The highest BCUT2D eigenvalue weighted by Gasteiger charge is 2.14. The van der Waals surface area contributed by atoms with Crippen LogP contribution in [-0.2, 0) is 9.53 Å². The molecular formula is C13H15NO2. The van der Waals surface area contributed by atoms with Gasteiger partial charge in [0.05, 0.1) is 5.69 Å². The molecule has 84 valence electrons. The fraction of sp³-hybridized carbons (Fsp3) is 0.385. The first-order valence-corrected chi connectivity index (χ1v) is 5.56. The van der Waals surface area contributed by atoms with E-state index in [-0.39, 0.29) is 12.1 Å². The Hall–Kier alpha value is -1.64. The summed E-state index contributed by atoms with van der Waals surface area (Å²) in [6.45, 7) is 1.83. The molecule has 0 unspecified atom stereocenters. The van der Waals surface area contributed by atoms with Crippen molar-refractivity contribution in [1.29, 1.82) is 0 Å². The standard InChI is InChI=1S/C13H15NO2/c1-10(12-7-2-3-8-14-12)16-13(15)9-11-5-4-6-11/h2-3,7-10H,4-6H2,1H3/t10-/m1/s1. The third-order valence-corrected chi connectivity index (χ3v) is 2.71. The van der Waals surface area contributed by atoms with E-state index in [0.29, 0.717) is 0 Å². The number of carbonyl (C=O) groups is 1. The second-order valence-corrected chi connectivity index (χ2v) is 3.99. The fourth-order valence-electron chi connectivity index (χ4n) is 1.58. The van der Waals surface area contributed by atoms with Gasteiger partial charge in [-0.1, -0.05) is 11.6 Å². The molecule has 0 radical (unpaired) electrons. The van der Waals surface area contributed by atoms with E-state index in [1.54, 1.807) is 12.3 Å². The Labute approximate surface area is 95.2 Å². The molecule has 0 N–H and O–H groups in total. The van der Waals surface area contributed by atoms with Crippen molar-refractivity contribution in [3.8, 4) is 0 Å². The Morgan fingerprint density at radius 2 is 2.31 bits per heavy atom. The number of ether oxygens (including phenoxy) is 1. The summed E-state index contributed by atoms with van der Waals surface area (Å²) in [6.07, 6.45) is 6.29. The van der Waals surface area contributed by atoms with Gasteiger partial charge in [0.2, 0.25) is 0 Å². The predicted molar refractivity (Wildman–Crippen MR) is 60.7 cm³/mol. The summed E-state index contributed by atoms with van der Waals surface area (Å²) in [5, 5.41) is 0. The van der Waals surface area contributed by atoms with Gasteiger partial charge in [0.1, 0.15) is 6.10 Å². The van der Waals surface area contributed by atoms with Crippen LogP contribution in [0.1, 0.15) is 38.0 Å². The highest BCUT2D eigenvalue weighted by molar-refractivity contribution is 5.83. The molecule has 1 aromatic rings. The predicted octanol–water partition coefficient (Wildman–Crippen LogP) is 2.80. The second kappa shape index (κ2) is 4.92. The van der Waals surface area contributed by atoms with Crippen molar-refractivity contribution < 1.29 is 9.53 Å². The number of pyridine rings is 1. The maximum absolute atomic E-state index is 11.5. The molecule has 0 aromatic carbocycles. The molecule has 0 aliphatic heterocycles. The van der Waals surface area contributed by atoms with E-state index in [4.69, 9.17) is 4.74 Å². The minimum absolute atomic E-state index is 0.257.